The van der Waals surface area contributed by atoms with Crippen LogP contribution in [-0.4, -0.2) is 76.8 Å². The van der Waals surface area contributed by atoms with Crippen molar-refractivity contribution in [1.82, 2.24) is 24.8 Å². The maximum atomic E-state index is 13.3. The Balaban J connectivity index is 1.59. The van der Waals surface area contributed by atoms with Crippen molar-refractivity contribution in [1.29, 1.82) is 0 Å². The van der Waals surface area contributed by atoms with Crippen LogP contribution in [0.3, 0.4) is 0 Å². The van der Waals surface area contributed by atoms with Gasteiger partial charge in [0.25, 0.3) is 11.8 Å². The van der Waals surface area contributed by atoms with Gasteiger partial charge in [-0.15, -0.1) is 0 Å². The molecule has 10 nitrogen and oxygen atoms in total. The molecular formula is C34H32ClF4N7O3. The number of hydrogen-bond donors (Lipinski definition) is 3. The molecule has 0 atom stereocenters. The lowest BCUT2D eigenvalue weighted by molar-refractivity contribution is -0.123. The molecule has 0 spiro atoms. The Kier molecular flexibility index (Phi) is 10.6. The van der Waals surface area contributed by atoms with E-state index < -0.39 is 36.1 Å². The number of aromatic nitrogens is 3. The molecule has 4 N–H and O–H groups in total. The number of rotatable bonds is 8. The van der Waals surface area contributed by atoms with Crippen molar-refractivity contribution >= 4 is 45.8 Å². The lowest BCUT2D eigenvalue weighted by Crippen LogP contribution is -2.34. The number of fused-ring (bicyclic) bond motifs is 1. The highest BCUT2D eigenvalue weighted by atomic mass is 35.5. The zero-order valence-corrected chi connectivity index (χ0v) is 27.3. The van der Waals surface area contributed by atoms with Crippen LogP contribution in [0.5, 0.6) is 0 Å². The number of ether oxygens (including phenoxy) is 1. The minimum atomic E-state index is -4.62. The molecule has 0 radical (unpaired) electrons. The summed E-state index contributed by atoms with van der Waals surface area (Å²) in [5.41, 5.74) is 9.63. The zero-order valence-electron chi connectivity index (χ0n) is 26.5. The van der Waals surface area contributed by atoms with E-state index in [9.17, 15) is 27.2 Å². The van der Waals surface area contributed by atoms with E-state index in [2.05, 4.69) is 45.7 Å². The number of carbonyl (C=O) groups excluding carboxylic acids is 2. The van der Waals surface area contributed by atoms with Crippen LogP contribution in [-0.2, 0) is 16.6 Å². The van der Waals surface area contributed by atoms with Crippen LogP contribution in [0.4, 0.5) is 29.1 Å². The molecule has 1 fully saturated rings. The standard InChI is InChI=1S/C34H32ClF4N7O3/c1-19(36)32(47)44-23-8-6-20(7-9-23)29-26(22-15-25(35)28(41-17-22)33(48)43-18-34(37,38)39)27-30(46(29)3)21(16-42-31(27)40)5-4-14-49-24-10-12-45(2)13-11-24/h6-9,15-17,24H,1,10-14,18H2,2-3H3,(H2,40,42)(H,43,48)(H,44,47). The van der Waals surface area contributed by atoms with Gasteiger partial charge in [0.1, 0.15) is 24.7 Å². The fraction of sp³-hybridized carbons (Fsp3) is 0.294. The molecule has 256 valence electrons. The van der Waals surface area contributed by atoms with E-state index in [-0.39, 0.29) is 23.6 Å². The minimum Gasteiger partial charge on any atom is -0.383 e. The number of piperidine rings is 1. The molecule has 3 aromatic heterocycles. The third-order valence-corrected chi connectivity index (χ3v) is 8.26. The van der Waals surface area contributed by atoms with Gasteiger partial charge in [0, 0.05) is 49.3 Å². The third-order valence-electron chi connectivity index (χ3n) is 7.98. The fourth-order valence-corrected chi connectivity index (χ4v) is 5.83. The van der Waals surface area contributed by atoms with Gasteiger partial charge in [-0.05, 0) is 43.7 Å². The van der Waals surface area contributed by atoms with Crippen LogP contribution in [0, 0.1) is 11.8 Å². The third kappa shape index (κ3) is 8.19. The number of benzene rings is 1. The van der Waals surface area contributed by atoms with Crippen molar-refractivity contribution in [3.05, 3.63) is 71.4 Å². The first-order chi connectivity index (χ1) is 23.2. The molecule has 0 aliphatic carbocycles. The molecule has 1 saturated heterocycles. The predicted octanol–water partition coefficient (Wildman–Crippen LogP) is 5.71. The zero-order chi connectivity index (χ0) is 35.5. The molecule has 0 unspecified atom stereocenters. The second-order valence-corrected chi connectivity index (χ2v) is 11.9. The highest BCUT2D eigenvalue weighted by molar-refractivity contribution is 6.34. The summed E-state index contributed by atoms with van der Waals surface area (Å²) in [6.07, 6.45) is 0.190. The first-order valence-corrected chi connectivity index (χ1v) is 15.4. The summed E-state index contributed by atoms with van der Waals surface area (Å²) in [6, 6.07) is 7.92. The van der Waals surface area contributed by atoms with Gasteiger partial charge in [-0.1, -0.05) is 42.2 Å². The number of pyridine rings is 2. The largest absolute Gasteiger partial charge is 0.405 e. The van der Waals surface area contributed by atoms with Crippen molar-refractivity contribution in [2.24, 2.45) is 7.05 Å². The number of nitrogen functional groups attached to an aromatic ring is 1. The van der Waals surface area contributed by atoms with E-state index in [0.29, 0.717) is 44.5 Å². The Morgan fingerprint density at radius 2 is 1.82 bits per heavy atom. The Bertz CT molecular complexity index is 1980. The highest BCUT2D eigenvalue weighted by Gasteiger charge is 2.29. The summed E-state index contributed by atoms with van der Waals surface area (Å²) in [7, 11) is 3.86. The van der Waals surface area contributed by atoms with Crippen molar-refractivity contribution in [2.75, 3.05) is 44.3 Å². The Labute approximate surface area is 284 Å². The van der Waals surface area contributed by atoms with Gasteiger partial charge in [0.05, 0.1) is 33.3 Å². The average Bonchev–Trinajstić information content (AvgIpc) is 3.37. The smallest absolute Gasteiger partial charge is 0.383 e. The normalized spacial score (nSPS) is 13.9. The molecule has 2 amide bonds. The number of nitrogens with one attached hydrogen (secondary N) is 2. The second kappa shape index (κ2) is 14.7. The van der Waals surface area contributed by atoms with E-state index in [0.717, 1.165) is 25.9 Å². The summed E-state index contributed by atoms with van der Waals surface area (Å²) in [4.78, 5) is 35.1. The molecule has 0 bridgehead atoms. The van der Waals surface area contributed by atoms with Gasteiger partial charge in [-0.3, -0.25) is 9.59 Å². The molecule has 15 heteroatoms. The number of nitrogens with zero attached hydrogens (tertiary/aromatic N) is 4. The summed E-state index contributed by atoms with van der Waals surface area (Å²) in [5.74, 6) is 3.15. The van der Waals surface area contributed by atoms with E-state index in [1.165, 1.54) is 12.3 Å². The molecule has 1 aromatic carbocycles. The van der Waals surface area contributed by atoms with Crippen LogP contribution in [0.25, 0.3) is 33.3 Å². The Morgan fingerprint density at radius 1 is 1.12 bits per heavy atom. The highest BCUT2D eigenvalue weighted by Crippen LogP contribution is 2.44. The number of hydrogen-bond acceptors (Lipinski definition) is 7. The molecule has 5 rings (SSSR count). The Hall–Kier alpha value is -4.97. The summed E-state index contributed by atoms with van der Waals surface area (Å²) >= 11 is 6.43. The topological polar surface area (TPSA) is 127 Å². The quantitative estimate of drug-likeness (QED) is 0.122. The molecule has 4 heterocycles. The number of likely N-dealkylation sites (tertiary alicyclic amines) is 1. The number of carbonyl (C=O) groups is 2. The van der Waals surface area contributed by atoms with E-state index in [4.69, 9.17) is 22.1 Å². The van der Waals surface area contributed by atoms with Gasteiger partial charge >= 0.3 is 6.18 Å². The number of anilines is 2. The van der Waals surface area contributed by atoms with Gasteiger partial charge < -0.3 is 30.6 Å². The second-order valence-electron chi connectivity index (χ2n) is 11.5. The fourth-order valence-electron chi connectivity index (χ4n) is 5.58. The lowest BCUT2D eigenvalue weighted by atomic mass is 9.98. The van der Waals surface area contributed by atoms with Gasteiger partial charge in [-0.25, -0.2) is 14.4 Å². The summed E-state index contributed by atoms with van der Waals surface area (Å²) in [6.45, 7) is 3.56. The number of amides is 2. The lowest BCUT2D eigenvalue weighted by Gasteiger charge is -2.28. The van der Waals surface area contributed by atoms with Crippen LogP contribution in [0.1, 0.15) is 28.9 Å². The first-order valence-electron chi connectivity index (χ1n) is 15.1. The van der Waals surface area contributed by atoms with Gasteiger partial charge in [-0.2, -0.15) is 13.2 Å². The minimum absolute atomic E-state index is 0.120. The number of alkyl halides is 3. The van der Waals surface area contributed by atoms with E-state index >= 15 is 0 Å². The number of aryl methyl sites for hydroxylation is 1. The molecule has 49 heavy (non-hydrogen) atoms. The molecule has 0 saturated carbocycles. The van der Waals surface area contributed by atoms with Crippen molar-refractivity contribution in [3.8, 4) is 34.2 Å². The number of nitrogens with two attached hydrogens (primary N) is 1. The number of halogens is 5. The molecule has 1 aliphatic rings. The first kappa shape index (κ1) is 35.3. The van der Waals surface area contributed by atoms with E-state index in [1.807, 2.05) is 4.57 Å². The van der Waals surface area contributed by atoms with Gasteiger partial charge in [0.2, 0.25) is 0 Å². The summed E-state index contributed by atoms with van der Waals surface area (Å²) < 4.78 is 59.3. The average molecular weight is 698 g/mol. The molecule has 1 aliphatic heterocycles. The van der Waals surface area contributed by atoms with Crippen molar-refractivity contribution in [2.45, 2.75) is 25.1 Å². The van der Waals surface area contributed by atoms with Crippen LogP contribution in [0.2, 0.25) is 5.02 Å². The SMILES string of the molecule is C=C(F)C(=O)Nc1ccc(-c2c(-c3cnc(C(=O)NCC(F)(F)F)c(Cl)c3)c3c(N)ncc(C#CCOC4CCN(C)CC4)c3n2C)cc1. The molecule has 4 aromatic rings. The molecular weight excluding hydrogens is 666 g/mol. The van der Waals surface area contributed by atoms with Crippen LogP contribution < -0.4 is 16.4 Å². The Morgan fingerprint density at radius 3 is 2.45 bits per heavy atom. The van der Waals surface area contributed by atoms with E-state index in [1.54, 1.807) is 42.8 Å². The van der Waals surface area contributed by atoms with Crippen LogP contribution in [0.15, 0.2) is 55.1 Å². The van der Waals surface area contributed by atoms with Crippen molar-refractivity contribution < 1.29 is 31.9 Å². The summed E-state index contributed by atoms with van der Waals surface area (Å²) in [5, 5.41) is 4.46. The van der Waals surface area contributed by atoms with Crippen molar-refractivity contribution in [3.63, 3.8) is 0 Å². The van der Waals surface area contributed by atoms with Gasteiger partial charge in [0.15, 0.2) is 5.83 Å². The maximum absolute atomic E-state index is 13.3. The maximum Gasteiger partial charge on any atom is 0.405 e. The van der Waals surface area contributed by atoms with Crippen LogP contribution >= 0.6 is 11.6 Å². The predicted molar refractivity (Wildman–Crippen MR) is 179 cm³/mol. The monoisotopic (exact) mass is 697 g/mol.